The van der Waals surface area contributed by atoms with Crippen molar-refractivity contribution in [1.29, 1.82) is 5.26 Å². The van der Waals surface area contributed by atoms with Crippen LogP contribution in [0.25, 0.3) is 0 Å². The topological polar surface area (TPSA) is 74.6 Å². The molecule has 0 unspecified atom stereocenters. The van der Waals surface area contributed by atoms with Crippen LogP contribution in [-0.2, 0) is 17.6 Å². The van der Waals surface area contributed by atoms with Gasteiger partial charge < -0.3 is 4.74 Å². The fourth-order valence-corrected chi connectivity index (χ4v) is 0.980. The highest BCUT2D eigenvalue weighted by atomic mass is 16.5. The maximum atomic E-state index is 8.38. The summed E-state index contributed by atoms with van der Waals surface area (Å²) in [7, 11) is 1.67. The molecule has 1 heterocycles. The van der Waals surface area contributed by atoms with Crippen molar-refractivity contribution < 1.29 is 4.74 Å². The first-order chi connectivity index (χ1) is 6.36. The SMILES string of the molecule is COCCCc1nc(CC#N)n[nH]1. The molecule has 13 heavy (non-hydrogen) atoms. The second-order valence-electron chi connectivity index (χ2n) is 2.63. The highest BCUT2D eigenvalue weighted by Crippen LogP contribution is 1.97. The van der Waals surface area contributed by atoms with E-state index in [0.29, 0.717) is 12.4 Å². The first-order valence-corrected chi connectivity index (χ1v) is 4.13. The van der Waals surface area contributed by atoms with Crippen molar-refractivity contribution in [3.05, 3.63) is 11.6 Å². The molecule has 5 nitrogen and oxygen atoms in total. The Morgan fingerprint density at radius 1 is 1.62 bits per heavy atom. The van der Waals surface area contributed by atoms with E-state index in [-0.39, 0.29) is 6.42 Å². The molecule has 0 radical (unpaired) electrons. The predicted octanol–water partition coefficient (Wildman–Crippen LogP) is 0.450. The predicted molar refractivity (Wildman–Crippen MR) is 45.9 cm³/mol. The van der Waals surface area contributed by atoms with Crippen molar-refractivity contribution in [2.75, 3.05) is 13.7 Å². The van der Waals surface area contributed by atoms with Gasteiger partial charge in [-0.3, -0.25) is 5.10 Å². The van der Waals surface area contributed by atoms with Crippen LogP contribution in [0, 0.1) is 11.3 Å². The summed E-state index contributed by atoms with van der Waals surface area (Å²) in [6.45, 7) is 0.717. The molecule has 1 aromatic heterocycles. The molecule has 0 saturated heterocycles. The summed E-state index contributed by atoms with van der Waals surface area (Å²) in [5.41, 5.74) is 0. The Morgan fingerprint density at radius 2 is 2.46 bits per heavy atom. The van der Waals surface area contributed by atoms with Gasteiger partial charge in [0.25, 0.3) is 0 Å². The number of hydrogen-bond donors (Lipinski definition) is 1. The quantitative estimate of drug-likeness (QED) is 0.667. The Hall–Kier alpha value is -1.41. The summed E-state index contributed by atoms with van der Waals surface area (Å²) >= 11 is 0. The molecule has 5 heteroatoms. The zero-order chi connectivity index (χ0) is 9.52. The van der Waals surface area contributed by atoms with Crippen LogP contribution in [0.3, 0.4) is 0 Å². The van der Waals surface area contributed by atoms with E-state index in [9.17, 15) is 0 Å². The van der Waals surface area contributed by atoms with Gasteiger partial charge in [-0.25, -0.2) is 4.98 Å². The van der Waals surface area contributed by atoms with Crippen LogP contribution in [0.2, 0.25) is 0 Å². The molecule has 0 fully saturated rings. The molecule has 0 saturated carbocycles. The average Bonchev–Trinajstić information content (AvgIpc) is 2.54. The zero-order valence-electron chi connectivity index (χ0n) is 7.58. The van der Waals surface area contributed by atoms with E-state index in [1.807, 2.05) is 6.07 Å². The minimum atomic E-state index is 0.265. The molecule has 0 aliphatic heterocycles. The number of aromatic amines is 1. The molecule has 0 atom stereocenters. The van der Waals surface area contributed by atoms with Gasteiger partial charge in [0.05, 0.1) is 12.5 Å². The van der Waals surface area contributed by atoms with Crippen LogP contribution in [0.4, 0.5) is 0 Å². The van der Waals surface area contributed by atoms with Gasteiger partial charge in [-0.1, -0.05) is 0 Å². The normalized spacial score (nSPS) is 9.85. The summed E-state index contributed by atoms with van der Waals surface area (Å²) in [4.78, 5) is 4.13. The van der Waals surface area contributed by atoms with E-state index < -0.39 is 0 Å². The van der Waals surface area contributed by atoms with Crippen LogP contribution >= 0.6 is 0 Å². The standard InChI is InChI=1S/C8H12N4O/c1-13-6-2-3-7-10-8(4-5-9)12-11-7/h2-4,6H2,1H3,(H,10,11,12). The van der Waals surface area contributed by atoms with Crippen molar-refractivity contribution in [3.63, 3.8) is 0 Å². The average molecular weight is 180 g/mol. The van der Waals surface area contributed by atoms with E-state index in [0.717, 1.165) is 18.7 Å². The van der Waals surface area contributed by atoms with Crippen LogP contribution in [0.5, 0.6) is 0 Å². The number of aromatic nitrogens is 3. The maximum absolute atomic E-state index is 8.38. The number of hydrogen-bond acceptors (Lipinski definition) is 4. The number of nitrogens with zero attached hydrogens (tertiary/aromatic N) is 3. The molecule has 0 amide bonds. The number of nitriles is 1. The Kier molecular flexibility index (Phi) is 3.93. The van der Waals surface area contributed by atoms with Gasteiger partial charge in [0.2, 0.25) is 0 Å². The fraction of sp³-hybridized carbons (Fsp3) is 0.625. The van der Waals surface area contributed by atoms with Gasteiger partial charge in [-0.15, -0.1) is 0 Å². The van der Waals surface area contributed by atoms with E-state index in [2.05, 4.69) is 15.2 Å². The molecule has 0 aromatic carbocycles. The van der Waals surface area contributed by atoms with E-state index in [1.165, 1.54) is 0 Å². The number of ether oxygens (including phenoxy) is 1. The molecule has 0 aliphatic carbocycles. The number of H-pyrrole nitrogens is 1. The smallest absolute Gasteiger partial charge is 0.164 e. The highest BCUT2D eigenvalue weighted by molar-refractivity contribution is 4.96. The zero-order valence-corrected chi connectivity index (χ0v) is 7.58. The van der Waals surface area contributed by atoms with E-state index in [1.54, 1.807) is 7.11 Å². The number of methoxy groups -OCH3 is 1. The molecule has 1 rings (SSSR count). The molecule has 1 aromatic rings. The molecule has 0 bridgehead atoms. The molecular formula is C8H12N4O. The van der Waals surface area contributed by atoms with Gasteiger partial charge in [0.1, 0.15) is 5.82 Å². The van der Waals surface area contributed by atoms with Crippen molar-refractivity contribution in [3.8, 4) is 6.07 Å². The molecule has 1 N–H and O–H groups in total. The van der Waals surface area contributed by atoms with Crippen molar-refractivity contribution in [2.45, 2.75) is 19.3 Å². The first-order valence-electron chi connectivity index (χ1n) is 4.13. The largest absolute Gasteiger partial charge is 0.385 e. The van der Waals surface area contributed by atoms with Gasteiger partial charge in [-0.2, -0.15) is 10.4 Å². The molecular weight excluding hydrogens is 168 g/mol. The van der Waals surface area contributed by atoms with Crippen LogP contribution in [-0.4, -0.2) is 28.9 Å². The molecule has 0 aliphatic rings. The number of rotatable bonds is 5. The van der Waals surface area contributed by atoms with Gasteiger partial charge in [0, 0.05) is 20.1 Å². The summed E-state index contributed by atoms with van der Waals surface area (Å²) in [5.74, 6) is 1.39. The van der Waals surface area contributed by atoms with Gasteiger partial charge >= 0.3 is 0 Å². The lowest BCUT2D eigenvalue weighted by Crippen LogP contribution is -1.94. The minimum absolute atomic E-state index is 0.265. The second kappa shape index (κ2) is 5.27. The Bertz CT molecular complexity index is 289. The maximum Gasteiger partial charge on any atom is 0.164 e. The van der Waals surface area contributed by atoms with Crippen LogP contribution in [0.15, 0.2) is 0 Å². The Balaban J connectivity index is 2.36. The monoisotopic (exact) mass is 180 g/mol. The second-order valence-corrected chi connectivity index (χ2v) is 2.63. The Labute approximate surface area is 76.7 Å². The highest BCUT2D eigenvalue weighted by Gasteiger charge is 2.01. The molecule has 0 spiro atoms. The van der Waals surface area contributed by atoms with Gasteiger partial charge in [0.15, 0.2) is 5.82 Å². The lowest BCUT2D eigenvalue weighted by Gasteiger charge is -1.94. The van der Waals surface area contributed by atoms with Crippen LogP contribution < -0.4 is 0 Å². The van der Waals surface area contributed by atoms with E-state index >= 15 is 0 Å². The minimum Gasteiger partial charge on any atom is -0.385 e. The first kappa shape index (κ1) is 9.68. The van der Waals surface area contributed by atoms with Crippen molar-refractivity contribution in [1.82, 2.24) is 15.2 Å². The Morgan fingerprint density at radius 3 is 3.15 bits per heavy atom. The summed E-state index contributed by atoms with van der Waals surface area (Å²) < 4.78 is 4.90. The summed E-state index contributed by atoms with van der Waals surface area (Å²) in [6, 6.07) is 1.99. The van der Waals surface area contributed by atoms with E-state index in [4.69, 9.17) is 10.00 Å². The lowest BCUT2D eigenvalue weighted by atomic mass is 10.3. The number of nitrogens with one attached hydrogen (secondary N) is 1. The fourth-order valence-electron chi connectivity index (χ4n) is 0.980. The third-order valence-electron chi connectivity index (χ3n) is 1.58. The molecule has 70 valence electrons. The van der Waals surface area contributed by atoms with Gasteiger partial charge in [-0.05, 0) is 6.42 Å². The third-order valence-corrected chi connectivity index (χ3v) is 1.58. The third kappa shape index (κ3) is 3.22. The number of aryl methyl sites for hydroxylation is 1. The van der Waals surface area contributed by atoms with Crippen molar-refractivity contribution >= 4 is 0 Å². The van der Waals surface area contributed by atoms with Crippen LogP contribution in [0.1, 0.15) is 18.1 Å². The summed E-state index contributed by atoms with van der Waals surface area (Å²) in [5, 5.41) is 15.0. The summed E-state index contributed by atoms with van der Waals surface area (Å²) in [6.07, 6.45) is 1.99. The van der Waals surface area contributed by atoms with Crippen molar-refractivity contribution in [2.24, 2.45) is 0 Å². The lowest BCUT2D eigenvalue weighted by molar-refractivity contribution is 0.194.